The Labute approximate surface area is 161 Å². The molecule has 0 bridgehead atoms. The number of rotatable bonds is 4. The summed E-state index contributed by atoms with van der Waals surface area (Å²) in [5.41, 5.74) is 1.79. The van der Waals surface area contributed by atoms with Crippen LogP contribution in [0.25, 0.3) is 10.7 Å². The molecule has 6 nitrogen and oxygen atoms in total. The number of aromatic nitrogens is 2. The van der Waals surface area contributed by atoms with Crippen molar-refractivity contribution >= 4 is 17.2 Å². The second-order valence-electron chi connectivity index (χ2n) is 6.21. The van der Waals surface area contributed by atoms with Gasteiger partial charge in [-0.1, -0.05) is 24.3 Å². The quantitative estimate of drug-likeness (QED) is 0.754. The molecule has 4 rings (SSSR count). The first-order chi connectivity index (χ1) is 13.3. The van der Waals surface area contributed by atoms with Crippen LogP contribution in [0.1, 0.15) is 21.3 Å². The number of hydrogen-bond donors (Lipinski definition) is 1. The zero-order valence-corrected chi connectivity index (χ0v) is 15.8. The number of ether oxygens (including phenoxy) is 1. The third kappa shape index (κ3) is 3.56. The van der Waals surface area contributed by atoms with E-state index in [1.807, 2.05) is 47.4 Å². The molecule has 3 aromatic rings. The number of piperazine rings is 1. The van der Waals surface area contributed by atoms with Gasteiger partial charge in [-0.05, 0) is 18.2 Å². The highest BCUT2D eigenvalue weighted by atomic mass is 32.1. The van der Waals surface area contributed by atoms with Crippen molar-refractivity contribution in [1.82, 2.24) is 20.2 Å². The summed E-state index contributed by atoms with van der Waals surface area (Å²) in [5.74, 6) is 0.787. The van der Waals surface area contributed by atoms with Gasteiger partial charge in [0, 0.05) is 31.4 Å². The highest BCUT2D eigenvalue weighted by molar-refractivity contribution is 7.16. The Morgan fingerprint density at radius 3 is 2.89 bits per heavy atom. The maximum absolute atomic E-state index is 13.2. The number of carbonyl (C=O) groups excluding carboxylic acids is 1. The molecule has 1 aliphatic heterocycles. The number of para-hydroxylation sites is 1. The molecule has 138 valence electrons. The minimum atomic E-state index is -0.0807. The van der Waals surface area contributed by atoms with Gasteiger partial charge in [0.2, 0.25) is 0 Å². The van der Waals surface area contributed by atoms with E-state index in [1.54, 1.807) is 19.5 Å². The van der Waals surface area contributed by atoms with E-state index in [4.69, 9.17) is 4.74 Å². The molecule has 0 spiro atoms. The fraction of sp³-hybridized carbons (Fsp3) is 0.250. The number of pyridine rings is 1. The van der Waals surface area contributed by atoms with E-state index in [0.717, 1.165) is 28.6 Å². The Morgan fingerprint density at radius 2 is 2.07 bits per heavy atom. The number of methoxy groups -OCH3 is 1. The van der Waals surface area contributed by atoms with Crippen molar-refractivity contribution in [3.8, 4) is 16.5 Å². The Morgan fingerprint density at radius 1 is 1.22 bits per heavy atom. The van der Waals surface area contributed by atoms with Crippen LogP contribution in [0.5, 0.6) is 5.75 Å². The molecule has 0 radical (unpaired) electrons. The smallest absolute Gasteiger partial charge is 0.266 e. The van der Waals surface area contributed by atoms with Gasteiger partial charge in [0.1, 0.15) is 15.6 Å². The number of thiazole rings is 1. The van der Waals surface area contributed by atoms with E-state index < -0.39 is 0 Å². The van der Waals surface area contributed by atoms with Crippen LogP contribution < -0.4 is 10.1 Å². The summed E-state index contributed by atoms with van der Waals surface area (Å²) in [5, 5.41) is 4.13. The summed E-state index contributed by atoms with van der Waals surface area (Å²) in [6.07, 6.45) is 3.38. The minimum Gasteiger partial charge on any atom is -0.496 e. The third-order valence-electron chi connectivity index (χ3n) is 4.60. The first-order valence-electron chi connectivity index (χ1n) is 8.80. The minimum absolute atomic E-state index is 0.00733. The largest absolute Gasteiger partial charge is 0.496 e. The molecule has 1 N–H and O–H groups in total. The molecular weight excluding hydrogens is 360 g/mol. The topological polar surface area (TPSA) is 67.3 Å². The Bertz CT molecular complexity index is 928. The lowest BCUT2D eigenvalue weighted by Gasteiger charge is -2.36. The number of hydrogen-bond acceptors (Lipinski definition) is 6. The molecule has 1 atom stereocenters. The molecule has 0 saturated carbocycles. The highest BCUT2D eigenvalue weighted by Gasteiger charge is 2.31. The summed E-state index contributed by atoms with van der Waals surface area (Å²) in [4.78, 5) is 24.5. The van der Waals surface area contributed by atoms with Crippen molar-refractivity contribution in [2.75, 3.05) is 26.7 Å². The molecule has 3 heterocycles. The summed E-state index contributed by atoms with van der Waals surface area (Å²) in [6.45, 7) is 2.10. The normalized spacial score (nSPS) is 16.9. The second-order valence-corrected chi connectivity index (χ2v) is 7.24. The number of benzene rings is 1. The van der Waals surface area contributed by atoms with Gasteiger partial charge in [-0.3, -0.25) is 9.78 Å². The van der Waals surface area contributed by atoms with Crippen molar-refractivity contribution in [3.05, 3.63) is 65.3 Å². The SMILES string of the molecule is COc1ccccc1C1CNCCN1C(=O)c1cnc(-c2ccccn2)s1. The lowest BCUT2D eigenvalue weighted by atomic mass is 10.0. The van der Waals surface area contributed by atoms with Crippen molar-refractivity contribution in [2.45, 2.75) is 6.04 Å². The first-order valence-corrected chi connectivity index (χ1v) is 9.61. The molecule has 0 aliphatic carbocycles. The lowest BCUT2D eigenvalue weighted by Crippen LogP contribution is -2.48. The van der Waals surface area contributed by atoms with Crippen LogP contribution in [0.4, 0.5) is 0 Å². The van der Waals surface area contributed by atoms with E-state index in [2.05, 4.69) is 15.3 Å². The molecule has 1 aliphatic rings. The number of amides is 1. The third-order valence-corrected chi connectivity index (χ3v) is 5.61. The van der Waals surface area contributed by atoms with Gasteiger partial charge >= 0.3 is 0 Å². The fourth-order valence-corrected chi connectivity index (χ4v) is 4.14. The molecule has 1 fully saturated rings. The fourth-order valence-electron chi connectivity index (χ4n) is 3.29. The second kappa shape index (κ2) is 7.85. The molecule has 1 unspecified atom stereocenters. The van der Waals surface area contributed by atoms with E-state index in [9.17, 15) is 4.79 Å². The van der Waals surface area contributed by atoms with Crippen LogP contribution in [0.3, 0.4) is 0 Å². The number of carbonyl (C=O) groups is 1. The van der Waals surface area contributed by atoms with Crippen LogP contribution in [0, 0.1) is 0 Å². The standard InChI is InChI=1S/C20H20N4O2S/c1-26-17-8-3-2-6-14(17)16-12-21-10-11-24(16)20(25)18-13-23-19(27-18)15-7-4-5-9-22-15/h2-9,13,16,21H,10-12H2,1H3. The van der Waals surface area contributed by atoms with Crippen LogP contribution in [-0.4, -0.2) is 47.5 Å². The maximum atomic E-state index is 13.2. The van der Waals surface area contributed by atoms with Crippen molar-refractivity contribution < 1.29 is 9.53 Å². The van der Waals surface area contributed by atoms with Crippen LogP contribution >= 0.6 is 11.3 Å². The van der Waals surface area contributed by atoms with Gasteiger partial charge in [-0.2, -0.15) is 0 Å². The Kier molecular flexibility index (Phi) is 5.13. The van der Waals surface area contributed by atoms with Gasteiger partial charge in [0.15, 0.2) is 0 Å². The predicted octanol–water partition coefficient (Wildman–Crippen LogP) is 3.00. The average Bonchev–Trinajstić information content (AvgIpc) is 3.24. The molecule has 1 amide bonds. The molecule has 2 aromatic heterocycles. The van der Waals surface area contributed by atoms with Crippen molar-refractivity contribution in [2.24, 2.45) is 0 Å². The van der Waals surface area contributed by atoms with E-state index >= 15 is 0 Å². The summed E-state index contributed by atoms with van der Waals surface area (Å²) in [6, 6.07) is 13.5. The summed E-state index contributed by atoms with van der Waals surface area (Å²) >= 11 is 1.38. The Balaban J connectivity index is 1.63. The number of nitrogens with zero attached hydrogens (tertiary/aromatic N) is 3. The molecule has 7 heteroatoms. The first kappa shape index (κ1) is 17.6. The summed E-state index contributed by atoms with van der Waals surface area (Å²) < 4.78 is 5.51. The lowest BCUT2D eigenvalue weighted by molar-refractivity contribution is 0.0636. The van der Waals surface area contributed by atoms with Crippen LogP contribution in [-0.2, 0) is 0 Å². The predicted molar refractivity (Wildman–Crippen MR) is 105 cm³/mol. The zero-order valence-electron chi connectivity index (χ0n) is 15.0. The zero-order chi connectivity index (χ0) is 18.6. The van der Waals surface area contributed by atoms with Gasteiger partial charge in [-0.15, -0.1) is 11.3 Å². The maximum Gasteiger partial charge on any atom is 0.266 e. The average molecular weight is 380 g/mol. The van der Waals surface area contributed by atoms with E-state index in [0.29, 0.717) is 18.0 Å². The number of nitrogens with one attached hydrogen (secondary N) is 1. The molecule has 1 aromatic carbocycles. The van der Waals surface area contributed by atoms with Gasteiger partial charge in [0.05, 0.1) is 25.0 Å². The molecule has 27 heavy (non-hydrogen) atoms. The van der Waals surface area contributed by atoms with Crippen molar-refractivity contribution in [1.29, 1.82) is 0 Å². The van der Waals surface area contributed by atoms with E-state index in [-0.39, 0.29) is 11.9 Å². The monoisotopic (exact) mass is 380 g/mol. The van der Waals surface area contributed by atoms with Gasteiger partial charge in [-0.25, -0.2) is 4.98 Å². The van der Waals surface area contributed by atoms with Crippen molar-refractivity contribution in [3.63, 3.8) is 0 Å². The van der Waals surface area contributed by atoms with Gasteiger partial charge in [0.25, 0.3) is 5.91 Å². The van der Waals surface area contributed by atoms with Crippen LogP contribution in [0.2, 0.25) is 0 Å². The molecular formula is C20H20N4O2S. The Hall–Kier alpha value is -2.77. The van der Waals surface area contributed by atoms with Crippen LogP contribution in [0.15, 0.2) is 54.9 Å². The van der Waals surface area contributed by atoms with E-state index in [1.165, 1.54) is 11.3 Å². The highest BCUT2D eigenvalue weighted by Crippen LogP contribution is 2.32. The summed E-state index contributed by atoms with van der Waals surface area (Å²) in [7, 11) is 1.66. The van der Waals surface area contributed by atoms with Gasteiger partial charge < -0.3 is 15.0 Å². The molecule has 1 saturated heterocycles.